The molecule has 1 aliphatic rings. The summed E-state index contributed by atoms with van der Waals surface area (Å²) < 4.78 is 9.81. The molecule has 7 nitrogen and oxygen atoms in total. The molecule has 0 aliphatic carbocycles. The number of rotatable bonds is 4. The SMILES string of the molecule is CC1(C)OC(=O)C(=C/C=C/N(CC#N)CC#N)C(=O)O1. The minimum absolute atomic E-state index is 0.0230. The summed E-state index contributed by atoms with van der Waals surface area (Å²) in [5, 5.41) is 17.1. The summed E-state index contributed by atoms with van der Waals surface area (Å²) in [6, 6.07) is 3.78. The molecule has 0 N–H and O–H groups in total. The highest BCUT2D eigenvalue weighted by atomic mass is 16.7. The van der Waals surface area contributed by atoms with Crippen LogP contribution < -0.4 is 0 Å². The number of cyclic esters (lactones) is 2. The van der Waals surface area contributed by atoms with Crippen LogP contribution in [0.15, 0.2) is 23.9 Å². The Labute approximate surface area is 116 Å². The summed E-state index contributed by atoms with van der Waals surface area (Å²) >= 11 is 0. The van der Waals surface area contributed by atoms with Crippen molar-refractivity contribution in [1.29, 1.82) is 10.5 Å². The highest BCUT2D eigenvalue weighted by molar-refractivity contribution is 6.15. The zero-order chi connectivity index (χ0) is 15.2. The van der Waals surface area contributed by atoms with Gasteiger partial charge in [-0.25, -0.2) is 9.59 Å². The van der Waals surface area contributed by atoms with Gasteiger partial charge in [0.15, 0.2) is 0 Å². The van der Waals surface area contributed by atoms with Gasteiger partial charge in [0, 0.05) is 20.0 Å². The molecular weight excluding hydrogens is 262 g/mol. The number of carbonyl (C=O) groups excluding carboxylic acids is 2. The van der Waals surface area contributed by atoms with Gasteiger partial charge in [-0.1, -0.05) is 0 Å². The third-order valence-corrected chi connectivity index (χ3v) is 2.22. The van der Waals surface area contributed by atoms with Gasteiger partial charge >= 0.3 is 11.9 Å². The summed E-state index contributed by atoms with van der Waals surface area (Å²) in [7, 11) is 0. The van der Waals surface area contributed by atoms with Crippen LogP contribution in [0.4, 0.5) is 0 Å². The predicted molar refractivity (Wildman–Crippen MR) is 66.3 cm³/mol. The smallest absolute Gasteiger partial charge is 0.348 e. The molecular formula is C13H13N3O4. The lowest BCUT2D eigenvalue weighted by atomic mass is 10.2. The van der Waals surface area contributed by atoms with Gasteiger partial charge in [-0.3, -0.25) is 0 Å². The molecule has 7 heteroatoms. The van der Waals surface area contributed by atoms with Crippen LogP contribution in [0.2, 0.25) is 0 Å². The lowest BCUT2D eigenvalue weighted by Crippen LogP contribution is -2.41. The Morgan fingerprint density at radius 3 is 2.10 bits per heavy atom. The van der Waals surface area contributed by atoms with E-state index in [9.17, 15) is 9.59 Å². The van der Waals surface area contributed by atoms with E-state index in [0.717, 1.165) is 0 Å². The average molecular weight is 275 g/mol. The second kappa shape index (κ2) is 6.39. The standard InChI is InChI=1S/C13H13N3O4/c1-13(2)19-11(17)10(12(18)20-13)4-3-7-16(8-5-14)9-6-15/h3-4,7H,8-9H2,1-2H3/b7-3+. The molecule has 0 aromatic rings. The highest BCUT2D eigenvalue weighted by Crippen LogP contribution is 2.22. The van der Waals surface area contributed by atoms with E-state index in [4.69, 9.17) is 20.0 Å². The molecule has 0 atom stereocenters. The normalized spacial score (nSPS) is 16.9. The third kappa shape index (κ3) is 4.14. The van der Waals surface area contributed by atoms with Crippen LogP contribution in [0.3, 0.4) is 0 Å². The summed E-state index contributed by atoms with van der Waals surface area (Å²) in [6.45, 7) is 2.96. The molecule has 20 heavy (non-hydrogen) atoms. The van der Waals surface area contributed by atoms with Crippen molar-refractivity contribution in [3.05, 3.63) is 23.9 Å². The lowest BCUT2D eigenvalue weighted by Gasteiger charge is -2.29. The van der Waals surface area contributed by atoms with Crippen molar-refractivity contribution in [2.45, 2.75) is 19.6 Å². The first-order valence-corrected chi connectivity index (χ1v) is 5.73. The van der Waals surface area contributed by atoms with E-state index in [1.807, 2.05) is 12.1 Å². The van der Waals surface area contributed by atoms with Crippen LogP contribution in [0.25, 0.3) is 0 Å². The fourth-order valence-corrected chi connectivity index (χ4v) is 1.40. The first kappa shape index (κ1) is 15.3. The summed E-state index contributed by atoms with van der Waals surface area (Å²) in [5.74, 6) is -2.82. The number of carbonyl (C=O) groups is 2. The molecule has 0 bridgehead atoms. The van der Waals surface area contributed by atoms with Crippen molar-refractivity contribution < 1.29 is 19.1 Å². The van der Waals surface area contributed by atoms with Crippen LogP contribution in [0, 0.1) is 22.7 Å². The van der Waals surface area contributed by atoms with Crippen LogP contribution in [0.1, 0.15) is 13.8 Å². The van der Waals surface area contributed by atoms with E-state index in [0.29, 0.717) is 0 Å². The van der Waals surface area contributed by atoms with Crippen molar-refractivity contribution in [2.24, 2.45) is 0 Å². The predicted octanol–water partition coefficient (Wildman–Crippen LogP) is 0.612. The molecule has 0 aromatic heterocycles. The maximum absolute atomic E-state index is 11.6. The number of esters is 2. The molecule has 1 heterocycles. The maximum Gasteiger partial charge on any atom is 0.348 e. The van der Waals surface area contributed by atoms with Crippen molar-refractivity contribution >= 4 is 11.9 Å². The Morgan fingerprint density at radius 1 is 1.15 bits per heavy atom. The van der Waals surface area contributed by atoms with Gasteiger partial charge in [0.25, 0.3) is 5.79 Å². The first-order valence-electron chi connectivity index (χ1n) is 5.73. The molecule has 1 rings (SSSR count). The Hall–Kier alpha value is -2.80. The number of hydrogen-bond acceptors (Lipinski definition) is 7. The summed E-state index contributed by atoms with van der Waals surface area (Å²) in [4.78, 5) is 24.6. The highest BCUT2D eigenvalue weighted by Gasteiger charge is 2.38. The molecule has 1 saturated heterocycles. The Bertz CT molecular complexity index is 511. The number of hydrogen-bond donors (Lipinski definition) is 0. The van der Waals surface area contributed by atoms with E-state index < -0.39 is 17.7 Å². The average Bonchev–Trinajstić information content (AvgIpc) is 2.31. The summed E-state index contributed by atoms with van der Waals surface area (Å²) in [6.07, 6.45) is 4.03. The third-order valence-electron chi connectivity index (χ3n) is 2.22. The quantitative estimate of drug-likeness (QED) is 0.320. The second-order valence-electron chi connectivity index (χ2n) is 4.32. The van der Waals surface area contributed by atoms with Gasteiger partial charge in [0.1, 0.15) is 18.7 Å². The lowest BCUT2D eigenvalue weighted by molar-refractivity contribution is -0.222. The van der Waals surface area contributed by atoms with Gasteiger partial charge in [0.05, 0.1) is 12.1 Å². The fourth-order valence-electron chi connectivity index (χ4n) is 1.40. The molecule has 104 valence electrons. The minimum Gasteiger partial charge on any atom is -0.419 e. The van der Waals surface area contributed by atoms with Gasteiger partial charge in [-0.2, -0.15) is 10.5 Å². The van der Waals surface area contributed by atoms with Crippen LogP contribution >= 0.6 is 0 Å². The van der Waals surface area contributed by atoms with Crippen LogP contribution in [0.5, 0.6) is 0 Å². The van der Waals surface area contributed by atoms with Gasteiger partial charge in [0.2, 0.25) is 0 Å². The van der Waals surface area contributed by atoms with E-state index in [1.54, 1.807) is 0 Å². The molecule has 0 amide bonds. The van der Waals surface area contributed by atoms with Gasteiger partial charge in [-0.05, 0) is 12.2 Å². The van der Waals surface area contributed by atoms with Crippen molar-refractivity contribution in [1.82, 2.24) is 4.90 Å². The minimum atomic E-state index is -1.27. The van der Waals surface area contributed by atoms with Gasteiger partial charge in [-0.15, -0.1) is 0 Å². The maximum atomic E-state index is 11.6. The number of nitriles is 2. The largest absolute Gasteiger partial charge is 0.419 e. The fraction of sp³-hybridized carbons (Fsp3) is 0.385. The molecule has 0 spiro atoms. The number of nitrogens with zero attached hydrogens (tertiary/aromatic N) is 3. The Kier molecular flexibility index (Phi) is 4.88. The van der Waals surface area contributed by atoms with Crippen molar-refractivity contribution in [2.75, 3.05) is 13.1 Å². The van der Waals surface area contributed by atoms with Crippen LogP contribution in [-0.2, 0) is 19.1 Å². The number of allylic oxidation sites excluding steroid dienone is 2. The zero-order valence-electron chi connectivity index (χ0n) is 11.1. The molecule has 0 aromatic carbocycles. The molecule has 1 fully saturated rings. The molecule has 1 aliphatic heterocycles. The van der Waals surface area contributed by atoms with Gasteiger partial charge < -0.3 is 14.4 Å². The van der Waals surface area contributed by atoms with E-state index >= 15 is 0 Å². The van der Waals surface area contributed by atoms with Crippen molar-refractivity contribution in [3.8, 4) is 12.1 Å². The molecule has 0 saturated carbocycles. The Morgan fingerprint density at radius 2 is 1.65 bits per heavy atom. The number of ether oxygens (including phenoxy) is 2. The van der Waals surface area contributed by atoms with Crippen LogP contribution in [-0.4, -0.2) is 35.7 Å². The Balaban J connectivity index is 2.80. The molecule has 0 unspecified atom stereocenters. The zero-order valence-corrected chi connectivity index (χ0v) is 11.1. The second-order valence-corrected chi connectivity index (χ2v) is 4.32. The van der Waals surface area contributed by atoms with Crippen molar-refractivity contribution in [3.63, 3.8) is 0 Å². The van der Waals surface area contributed by atoms with E-state index in [2.05, 4.69) is 0 Å². The topological polar surface area (TPSA) is 103 Å². The monoisotopic (exact) mass is 275 g/mol. The molecule has 0 radical (unpaired) electrons. The first-order chi connectivity index (χ1) is 9.39. The summed E-state index contributed by atoms with van der Waals surface area (Å²) in [5.41, 5.74) is -0.241. The van der Waals surface area contributed by atoms with E-state index in [-0.39, 0.29) is 18.7 Å². The van der Waals surface area contributed by atoms with E-state index in [1.165, 1.54) is 37.1 Å².